The molecule has 0 N–H and O–H groups in total. The third-order valence-electron chi connectivity index (χ3n) is 1.36. The van der Waals surface area contributed by atoms with Crippen molar-refractivity contribution in [1.29, 1.82) is 0 Å². The Labute approximate surface area is 67.6 Å². The molecule has 0 saturated heterocycles. The van der Waals surface area contributed by atoms with E-state index in [4.69, 9.17) is 8.83 Å². The summed E-state index contributed by atoms with van der Waals surface area (Å²) >= 11 is 0. The Morgan fingerprint density at radius 2 is 1.42 bits per heavy atom. The summed E-state index contributed by atoms with van der Waals surface area (Å²) in [6.45, 7) is 0. The molecule has 6 nitrogen and oxygen atoms in total. The molecule has 0 radical (unpaired) electrons. The van der Waals surface area contributed by atoms with E-state index in [9.17, 15) is 0 Å². The van der Waals surface area contributed by atoms with E-state index in [0.29, 0.717) is 24.6 Å². The SMILES string of the molecule is c1nnc(CCc2nnco2)o1. The van der Waals surface area contributed by atoms with Crippen molar-refractivity contribution < 1.29 is 8.83 Å². The van der Waals surface area contributed by atoms with E-state index in [-0.39, 0.29) is 0 Å². The predicted octanol–water partition coefficient (Wildman–Crippen LogP) is 0.238. The molecular weight excluding hydrogens is 160 g/mol. The van der Waals surface area contributed by atoms with Gasteiger partial charge >= 0.3 is 0 Å². The van der Waals surface area contributed by atoms with Crippen LogP contribution in [0, 0.1) is 0 Å². The van der Waals surface area contributed by atoms with Gasteiger partial charge in [-0.05, 0) is 0 Å². The molecular formula is C6H6N4O2. The third-order valence-corrected chi connectivity index (χ3v) is 1.36. The highest BCUT2D eigenvalue weighted by Gasteiger charge is 2.02. The van der Waals surface area contributed by atoms with Crippen LogP contribution in [0.1, 0.15) is 11.8 Å². The van der Waals surface area contributed by atoms with E-state index in [1.807, 2.05) is 0 Å². The van der Waals surface area contributed by atoms with Crippen LogP contribution < -0.4 is 0 Å². The average molecular weight is 166 g/mol. The summed E-state index contributed by atoms with van der Waals surface area (Å²) in [5.41, 5.74) is 0. The second kappa shape index (κ2) is 3.12. The van der Waals surface area contributed by atoms with Crippen LogP contribution in [0.15, 0.2) is 21.6 Å². The number of aromatic nitrogens is 4. The zero-order chi connectivity index (χ0) is 8.23. The maximum Gasteiger partial charge on any atom is 0.216 e. The third kappa shape index (κ3) is 1.47. The van der Waals surface area contributed by atoms with Crippen LogP contribution in [0.2, 0.25) is 0 Å². The molecule has 0 bridgehead atoms. The van der Waals surface area contributed by atoms with Gasteiger partial charge in [0, 0.05) is 12.8 Å². The van der Waals surface area contributed by atoms with E-state index in [0.717, 1.165) is 0 Å². The first kappa shape index (κ1) is 6.96. The van der Waals surface area contributed by atoms with Gasteiger partial charge in [0.15, 0.2) is 0 Å². The lowest BCUT2D eigenvalue weighted by Gasteiger charge is -1.87. The minimum Gasteiger partial charge on any atom is -0.428 e. The molecule has 0 atom stereocenters. The Balaban J connectivity index is 1.91. The van der Waals surface area contributed by atoms with Gasteiger partial charge in [0.2, 0.25) is 24.6 Å². The Kier molecular flexibility index (Phi) is 1.81. The van der Waals surface area contributed by atoms with Gasteiger partial charge < -0.3 is 8.83 Å². The summed E-state index contributed by atoms with van der Waals surface area (Å²) in [5, 5.41) is 14.5. The fourth-order valence-corrected chi connectivity index (χ4v) is 0.824. The van der Waals surface area contributed by atoms with Crippen LogP contribution in [0.3, 0.4) is 0 Å². The van der Waals surface area contributed by atoms with Gasteiger partial charge in [-0.2, -0.15) is 0 Å². The highest BCUT2D eigenvalue weighted by Crippen LogP contribution is 2.00. The van der Waals surface area contributed by atoms with E-state index in [2.05, 4.69) is 20.4 Å². The lowest BCUT2D eigenvalue weighted by molar-refractivity contribution is 0.456. The zero-order valence-corrected chi connectivity index (χ0v) is 6.17. The molecule has 0 saturated carbocycles. The summed E-state index contributed by atoms with van der Waals surface area (Å²) in [7, 11) is 0. The Morgan fingerprint density at radius 3 is 1.75 bits per heavy atom. The second-order valence-electron chi connectivity index (χ2n) is 2.16. The van der Waals surface area contributed by atoms with Gasteiger partial charge in [0.1, 0.15) is 0 Å². The molecule has 0 spiro atoms. The Hall–Kier alpha value is -1.72. The molecule has 2 rings (SSSR count). The summed E-state index contributed by atoms with van der Waals surface area (Å²) in [4.78, 5) is 0. The second-order valence-corrected chi connectivity index (χ2v) is 2.16. The fraction of sp³-hybridized carbons (Fsp3) is 0.333. The normalized spacial score (nSPS) is 10.3. The van der Waals surface area contributed by atoms with Gasteiger partial charge in [-0.15, -0.1) is 20.4 Å². The first-order valence-corrected chi connectivity index (χ1v) is 3.45. The quantitative estimate of drug-likeness (QED) is 0.649. The smallest absolute Gasteiger partial charge is 0.216 e. The van der Waals surface area contributed by atoms with Crippen LogP contribution in [0.5, 0.6) is 0 Å². The average Bonchev–Trinajstić information content (AvgIpc) is 2.74. The summed E-state index contributed by atoms with van der Waals surface area (Å²) < 4.78 is 9.84. The Bertz CT molecular complexity index is 281. The molecule has 0 fully saturated rings. The van der Waals surface area contributed by atoms with Gasteiger partial charge in [0.05, 0.1) is 0 Å². The fourth-order valence-electron chi connectivity index (χ4n) is 0.824. The van der Waals surface area contributed by atoms with Crippen molar-refractivity contribution in [3.8, 4) is 0 Å². The molecule has 0 aromatic carbocycles. The topological polar surface area (TPSA) is 77.8 Å². The molecule has 2 aromatic heterocycles. The van der Waals surface area contributed by atoms with E-state index in [1.165, 1.54) is 12.8 Å². The van der Waals surface area contributed by atoms with Crippen molar-refractivity contribution in [3.05, 3.63) is 24.6 Å². The monoisotopic (exact) mass is 166 g/mol. The largest absolute Gasteiger partial charge is 0.428 e. The predicted molar refractivity (Wildman–Crippen MR) is 36.0 cm³/mol. The lowest BCUT2D eigenvalue weighted by atomic mass is 10.3. The molecule has 0 amide bonds. The van der Waals surface area contributed by atoms with Crippen LogP contribution in [-0.2, 0) is 12.8 Å². The molecule has 2 heterocycles. The highest BCUT2D eigenvalue weighted by atomic mass is 16.4. The van der Waals surface area contributed by atoms with Crippen LogP contribution >= 0.6 is 0 Å². The number of aryl methyl sites for hydroxylation is 2. The van der Waals surface area contributed by atoms with Gasteiger partial charge in [0.25, 0.3) is 0 Å². The van der Waals surface area contributed by atoms with Crippen molar-refractivity contribution in [1.82, 2.24) is 20.4 Å². The van der Waals surface area contributed by atoms with Crippen molar-refractivity contribution in [3.63, 3.8) is 0 Å². The van der Waals surface area contributed by atoms with Crippen LogP contribution in [0.25, 0.3) is 0 Å². The van der Waals surface area contributed by atoms with Crippen molar-refractivity contribution in [2.45, 2.75) is 12.8 Å². The van der Waals surface area contributed by atoms with Crippen LogP contribution in [-0.4, -0.2) is 20.4 Å². The minimum atomic E-state index is 0.577. The van der Waals surface area contributed by atoms with E-state index in [1.54, 1.807) is 0 Å². The van der Waals surface area contributed by atoms with Crippen LogP contribution in [0.4, 0.5) is 0 Å². The molecule has 62 valence electrons. The van der Waals surface area contributed by atoms with E-state index >= 15 is 0 Å². The van der Waals surface area contributed by atoms with Gasteiger partial charge in [-0.1, -0.05) is 0 Å². The molecule has 0 aliphatic carbocycles. The maximum absolute atomic E-state index is 4.92. The molecule has 12 heavy (non-hydrogen) atoms. The number of hydrogen-bond acceptors (Lipinski definition) is 6. The number of nitrogens with zero attached hydrogens (tertiary/aromatic N) is 4. The number of hydrogen-bond donors (Lipinski definition) is 0. The zero-order valence-electron chi connectivity index (χ0n) is 6.17. The van der Waals surface area contributed by atoms with Crippen molar-refractivity contribution in [2.75, 3.05) is 0 Å². The molecule has 0 unspecified atom stereocenters. The highest BCUT2D eigenvalue weighted by molar-refractivity contribution is 4.81. The van der Waals surface area contributed by atoms with E-state index < -0.39 is 0 Å². The molecule has 0 aliphatic rings. The molecule has 0 aliphatic heterocycles. The standard InChI is InChI=1S/C6H6N4O2/c1(5-9-7-3-11-5)2-6-10-8-4-12-6/h3-4H,1-2H2. The number of rotatable bonds is 3. The molecule has 6 heteroatoms. The van der Waals surface area contributed by atoms with Gasteiger partial charge in [-0.3, -0.25) is 0 Å². The lowest BCUT2D eigenvalue weighted by Crippen LogP contribution is -1.91. The van der Waals surface area contributed by atoms with Gasteiger partial charge in [-0.25, -0.2) is 0 Å². The summed E-state index contributed by atoms with van der Waals surface area (Å²) in [5.74, 6) is 1.15. The summed E-state index contributed by atoms with van der Waals surface area (Å²) in [6, 6.07) is 0. The maximum atomic E-state index is 4.92. The van der Waals surface area contributed by atoms with Crippen molar-refractivity contribution in [2.24, 2.45) is 0 Å². The van der Waals surface area contributed by atoms with Crippen molar-refractivity contribution >= 4 is 0 Å². The molecule has 2 aromatic rings. The minimum absolute atomic E-state index is 0.577. The summed E-state index contributed by atoms with van der Waals surface area (Å²) in [6.07, 6.45) is 3.84. The first-order chi connectivity index (χ1) is 5.95. The Morgan fingerprint density at radius 1 is 0.917 bits per heavy atom. The first-order valence-electron chi connectivity index (χ1n) is 3.45.